The summed E-state index contributed by atoms with van der Waals surface area (Å²) < 4.78 is 4.13. The molecular weight excluding hydrogens is 236 g/mol. The van der Waals surface area contributed by atoms with Crippen molar-refractivity contribution in [2.45, 2.75) is 59.5 Å². The molecule has 1 unspecified atom stereocenters. The van der Waals surface area contributed by atoms with Crippen LogP contribution >= 0.6 is 0 Å². The van der Waals surface area contributed by atoms with Crippen LogP contribution in [-0.4, -0.2) is 19.6 Å². The maximum absolute atomic E-state index is 4.64. The number of hydrogen-bond donors (Lipinski definition) is 0. The topological polar surface area (TPSA) is 35.6 Å². The van der Waals surface area contributed by atoms with Gasteiger partial charge in [0, 0.05) is 17.9 Å². The van der Waals surface area contributed by atoms with Crippen LogP contribution in [0.4, 0.5) is 0 Å². The second-order valence-electron chi connectivity index (χ2n) is 5.04. The van der Waals surface area contributed by atoms with Gasteiger partial charge in [-0.05, 0) is 38.3 Å². The van der Waals surface area contributed by atoms with Crippen LogP contribution in [0.15, 0.2) is 18.3 Å². The van der Waals surface area contributed by atoms with E-state index in [0.29, 0.717) is 6.04 Å². The third kappa shape index (κ3) is 3.06. The molecule has 0 bridgehead atoms. The molecule has 1 atom stereocenters. The average Bonchev–Trinajstić information content (AvgIpc) is 3.05. The van der Waals surface area contributed by atoms with Crippen LogP contribution in [0.2, 0.25) is 0 Å². The highest BCUT2D eigenvalue weighted by molar-refractivity contribution is 5.12. The van der Waals surface area contributed by atoms with Gasteiger partial charge in [-0.25, -0.2) is 0 Å². The molecule has 4 heteroatoms. The second kappa shape index (κ2) is 6.04. The fraction of sp³-hybridized carbons (Fsp3) is 0.600. The molecule has 0 amide bonds. The van der Waals surface area contributed by atoms with Gasteiger partial charge in [-0.3, -0.25) is 9.36 Å². The predicted molar refractivity (Wildman–Crippen MR) is 77.3 cm³/mol. The van der Waals surface area contributed by atoms with E-state index in [1.807, 2.05) is 4.68 Å². The standard InChI is InChI=1S/C15H24N4/c1-5-12(4)18-9-8-14(17-18)11-19-15(7-3)10-13(6-2)16-19/h8-10,12H,5-7,11H2,1-4H3. The van der Waals surface area contributed by atoms with Gasteiger partial charge in [0.15, 0.2) is 0 Å². The molecule has 0 radical (unpaired) electrons. The number of hydrogen-bond acceptors (Lipinski definition) is 2. The number of aryl methyl sites for hydroxylation is 2. The lowest BCUT2D eigenvalue weighted by Crippen LogP contribution is -2.09. The van der Waals surface area contributed by atoms with Gasteiger partial charge in [0.25, 0.3) is 0 Å². The van der Waals surface area contributed by atoms with Crippen molar-refractivity contribution in [3.8, 4) is 0 Å². The van der Waals surface area contributed by atoms with Gasteiger partial charge in [0.05, 0.1) is 17.9 Å². The van der Waals surface area contributed by atoms with Crippen molar-refractivity contribution in [1.82, 2.24) is 19.6 Å². The molecule has 2 aromatic rings. The Hall–Kier alpha value is -1.58. The lowest BCUT2D eigenvalue weighted by Gasteiger charge is -2.08. The molecule has 0 aliphatic rings. The first-order valence-electron chi connectivity index (χ1n) is 7.27. The van der Waals surface area contributed by atoms with Crippen LogP contribution in [0.25, 0.3) is 0 Å². The zero-order valence-corrected chi connectivity index (χ0v) is 12.4. The van der Waals surface area contributed by atoms with Crippen molar-refractivity contribution in [3.05, 3.63) is 35.4 Å². The lowest BCUT2D eigenvalue weighted by molar-refractivity contribution is 0.470. The molecule has 0 saturated carbocycles. The van der Waals surface area contributed by atoms with E-state index >= 15 is 0 Å². The Bertz CT molecular complexity index is 524. The van der Waals surface area contributed by atoms with Crippen LogP contribution in [0, 0.1) is 0 Å². The maximum Gasteiger partial charge on any atom is 0.0853 e. The summed E-state index contributed by atoms with van der Waals surface area (Å²) in [6.45, 7) is 9.46. The quantitative estimate of drug-likeness (QED) is 0.799. The SMILES string of the molecule is CCc1cc(CC)n(Cc2ccn(C(C)CC)n2)n1. The molecule has 0 fully saturated rings. The molecule has 0 aliphatic heterocycles. The lowest BCUT2D eigenvalue weighted by atomic mass is 10.2. The average molecular weight is 260 g/mol. The van der Waals surface area contributed by atoms with Crippen molar-refractivity contribution in [3.63, 3.8) is 0 Å². The van der Waals surface area contributed by atoms with Crippen molar-refractivity contribution < 1.29 is 0 Å². The van der Waals surface area contributed by atoms with E-state index < -0.39 is 0 Å². The molecule has 19 heavy (non-hydrogen) atoms. The van der Waals surface area contributed by atoms with Crippen LogP contribution < -0.4 is 0 Å². The monoisotopic (exact) mass is 260 g/mol. The minimum absolute atomic E-state index is 0.461. The Morgan fingerprint density at radius 3 is 2.53 bits per heavy atom. The molecule has 4 nitrogen and oxygen atoms in total. The summed E-state index contributed by atoms with van der Waals surface area (Å²) in [6.07, 6.45) is 5.17. The molecule has 0 aromatic carbocycles. The number of rotatable bonds is 6. The van der Waals surface area contributed by atoms with E-state index in [1.165, 1.54) is 11.4 Å². The van der Waals surface area contributed by atoms with Crippen LogP contribution in [-0.2, 0) is 19.4 Å². The van der Waals surface area contributed by atoms with Gasteiger partial charge in [0.1, 0.15) is 0 Å². The summed E-state index contributed by atoms with van der Waals surface area (Å²) in [5, 5.41) is 9.28. The van der Waals surface area contributed by atoms with Gasteiger partial charge in [-0.1, -0.05) is 20.8 Å². The first-order valence-corrected chi connectivity index (χ1v) is 7.27. The second-order valence-corrected chi connectivity index (χ2v) is 5.04. The van der Waals surface area contributed by atoms with Crippen molar-refractivity contribution >= 4 is 0 Å². The predicted octanol–water partition coefficient (Wildman–Crippen LogP) is 3.22. The Morgan fingerprint density at radius 1 is 1.11 bits per heavy atom. The molecule has 0 spiro atoms. The van der Waals surface area contributed by atoms with Gasteiger partial charge < -0.3 is 0 Å². The molecule has 2 rings (SSSR count). The van der Waals surface area contributed by atoms with Gasteiger partial charge in [-0.15, -0.1) is 0 Å². The van der Waals surface area contributed by atoms with Gasteiger partial charge in [0.2, 0.25) is 0 Å². The molecular formula is C15H24N4. The van der Waals surface area contributed by atoms with Crippen LogP contribution in [0.3, 0.4) is 0 Å². The first-order chi connectivity index (χ1) is 9.17. The summed E-state index contributed by atoms with van der Waals surface area (Å²) >= 11 is 0. The Balaban J connectivity index is 2.16. The third-order valence-corrected chi connectivity index (χ3v) is 3.66. The van der Waals surface area contributed by atoms with Crippen LogP contribution in [0.1, 0.15) is 57.2 Å². The van der Waals surface area contributed by atoms with E-state index in [0.717, 1.165) is 31.5 Å². The molecule has 104 valence electrons. The van der Waals surface area contributed by atoms with E-state index in [4.69, 9.17) is 0 Å². The minimum atomic E-state index is 0.461. The fourth-order valence-electron chi connectivity index (χ4n) is 2.16. The maximum atomic E-state index is 4.64. The third-order valence-electron chi connectivity index (χ3n) is 3.66. The van der Waals surface area contributed by atoms with Gasteiger partial charge >= 0.3 is 0 Å². The van der Waals surface area contributed by atoms with E-state index in [-0.39, 0.29) is 0 Å². The van der Waals surface area contributed by atoms with E-state index in [9.17, 15) is 0 Å². The fourth-order valence-corrected chi connectivity index (χ4v) is 2.16. The number of aromatic nitrogens is 4. The summed E-state index contributed by atoms with van der Waals surface area (Å²) in [7, 11) is 0. The zero-order valence-electron chi connectivity index (χ0n) is 12.4. The van der Waals surface area contributed by atoms with Crippen molar-refractivity contribution in [2.75, 3.05) is 0 Å². The zero-order chi connectivity index (χ0) is 13.8. The molecule has 2 aromatic heterocycles. The Kier molecular flexibility index (Phi) is 4.40. The Labute approximate surface area is 115 Å². The highest BCUT2D eigenvalue weighted by Gasteiger charge is 2.09. The summed E-state index contributed by atoms with van der Waals surface area (Å²) in [6, 6.07) is 4.76. The highest BCUT2D eigenvalue weighted by Crippen LogP contribution is 2.12. The molecule has 0 aliphatic carbocycles. The Morgan fingerprint density at radius 2 is 1.89 bits per heavy atom. The smallest absolute Gasteiger partial charge is 0.0853 e. The first kappa shape index (κ1) is 13.8. The summed E-state index contributed by atoms with van der Waals surface area (Å²) in [5.41, 5.74) is 3.54. The van der Waals surface area contributed by atoms with Crippen LogP contribution in [0.5, 0.6) is 0 Å². The van der Waals surface area contributed by atoms with E-state index in [2.05, 4.69) is 60.9 Å². The summed E-state index contributed by atoms with van der Waals surface area (Å²) in [4.78, 5) is 0. The largest absolute Gasteiger partial charge is 0.270 e. The molecule has 0 saturated heterocycles. The van der Waals surface area contributed by atoms with Crippen molar-refractivity contribution in [2.24, 2.45) is 0 Å². The van der Waals surface area contributed by atoms with Crippen molar-refractivity contribution in [1.29, 1.82) is 0 Å². The highest BCUT2D eigenvalue weighted by atomic mass is 15.3. The normalized spacial score (nSPS) is 12.8. The minimum Gasteiger partial charge on any atom is -0.270 e. The molecule has 2 heterocycles. The van der Waals surface area contributed by atoms with Gasteiger partial charge in [-0.2, -0.15) is 10.2 Å². The molecule has 0 N–H and O–H groups in total. The van der Waals surface area contributed by atoms with E-state index in [1.54, 1.807) is 0 Å². The number of nitrogens with zero attached hydrogens (tertiary/aromatic N) is 4. The summed E-state index contributed by atoms with van der Waals surface area (Å²) in [5.74, 6) is 0.